The van der Waals surface area contributed by atoms with E-state index in [0.717, 1.165) is 52.7 Å². The van der Waals surface area contributed by atoms with Gasteiger partial charge in [0, 0.05) is 18.1 Å². The maximum Gasteiger partial charge on any atom is 0.341 e. The minimum atomic E-state index is -0.335. The Kier molecular flexibility index (Phi) is 6.75. The third kappa shape index (κ3) is 4.87. The fraction of sp³-hybridized carbons (Fsp3) is 0.391. The normalized spacial score (nSPS) is 14.8. The summed E-state index contributed by atoms with van der Waals surface area (Å²) in [6, 6.07) is 13.1. The zero-order valence-corrected chi connectivity index (χ0v) is 18.5. The molecule has 0 radical (unpaired) electrons. The van der Waals surface area contributed by atoms with Crippen molar-refractivity contribution in [1.82, 2.24) is 4.98 Å². The van der Waals surface area contributed by atoms with Crippen LogP contribution in [0, 0.1) is 5.92 Å². The largest absolute Gasteiger partial charge is 0.493 e. The summed E-state index contributed by atoms with van der Waals surface area (Å²) in [7, 11) is 0. The van der Waals surface area contributed by atoms with Crippen LogP contribution in [0.25, 0.3) is 10.2 Å². The maximum atomic E-state index is 12.1. The molecular weight excluding hydrogens is 420 g/mol. The number of rotatable bonds is 7. The van der Waals surface area contributed by atoms with Crippen LogP contribution in [0.5, 0.6) is 5.75 Å². The summed E-state index contributed by atoms with van der Waals surface area (Å²) in [5.41, 5.74) is 1.50. The molecule has 0 amide bonds. The van der Waals surface area contributed by atoms with E-state index in [4.69, 9.17) is 26.1 Å². The third-order valence-corrected chi connectivity index (χ3v) is 6.70. The van der Waals surface area contributed by atoms with E-state index in [1.807, 2.05) is 36.4 Å². The molecule has 1 fully saturated rings. The number of nitrogens with zero attached hydrogens (tertiary/aromatic N) is 2. The molecule has 4 rings (SSSR count). The molecule has 0 aliphatic carbocycles. The lowest BCUT2D eigenvalue weighted by atomic mass is 9.94. The number of ether oxygens (including phenoxy) is 2. The predicted molar refractivity (Wildman–Crippen MR) is 122 cm³/mol. The Bertz CT molecular complexity index is 1010. The lowest BCUT2D eigenvalue weighted by Crippen LogP contribution is -2.34. The number of hydrogen-bond acceptors (Lipinski definition) is 6. The highest BCUT2D eigenvalue weighted by molar-refractivity contribution is 7.22. The van der Waals surface area contributed by atoms with Gasteiger partial charge in [0.15, 0.2) is 5.13 Å². The van der Waals surface area contributed by atoms with E-state index in [1.54, 1.807) is 24.3 Å². The highest BCUT2D eigenvalue weighted by atomic mass is 35.5. The van der Waals surface area contributed by atoms with Crippen molar-refractivity contribution in [2.45, 2.75) is 26.2 Å². The summed E-state index contributed by atoms with van der Waals surface area (Å²) in [6.07, 6.45) is 3.19. The topological polar surface area (TPSA) is 51.7 Å². The molecule has 0 unspecified atom stereocenters. The lowest BCUT2D eigenvalue weighted by molar-refractivity contribution is 0.0521. The number of fused-ring (bicyclic) bond motifs is 1. The van der Waals surface area contributed by atoms with E-state index in [-0.39, 0.29) is 5.97 Å². The molecule has 30 heavy (non-hydrogen) atoms. The Morgan fingerprint density at radius 2 is 2.03 bits per heavy atom. The van der Waals surface area contributed by atoms with Crippen molar-refractivity contribution in [2.75, 3.05) is 31.2 Å². The van der Waals surface area contributed by atoms with Crippen molar-refractivity contribution < 1.29 is 14.3 Å². The Morgan fingerprint density at radius 1 is 1.23 bits per heavy atom. The smallest absolute Gasteiger partial charge is 0.341 e. The number of halogens is 1. The molecule has 1 saturated heterocycles. The lowest BCUT2D eigenvalue weighted by Gasteiger charge is -2.31. The Morgan fingerprint density at radius 3 is 2.83 bits per heavy atom. The zero-order valence-electron chi connectivity index (χ0n) is 17.0. The van der Waals surface area contributed by atoms with Crippen LogP contribution in [0.15, 0.2) is 42.5 Å². The van der Waals surface area contributed by atoms with E-state index in [9.17, 15) is 4.79 Å². The van der Waals surface area contributed by atoms with E-state index < -0.39 is 0 Å². The Hall–Kier alpha value is -2.31. The van der Waals surface area contributed by atoms with Crippen molar-refractivity contribution in [3.63, 3.8) is 0 Å². The van der Waals surface area contributed by atoms with Gasteiger partial charge in [0.25, 0.3) is 0 Å². The van der Waals surface area contributed by atoms with Crippen molar-refractivity contribution in [3.05, 3.63) is 53.1 Å². The van der Waals surface area contributed by atoms with Gasteiger partial charge in [-0.05, 0) is 62.4 Å². The van der Waals surface area contributed by atoms with E-state index in [0.29, 0.717) is 30.4 Å². The van der Waals surface area contributed by atoms with Crippen LogP contribution in [0.2, 0.25) is 5.02 Å². The van der Waals surface area contributed by atoms with Gasteiger partial charge in [-0.2, -0.15) is 0 Å². The average molecular weight is 445 g/mol. The summed E-state index contributed by atoms with van der Waals surface area (Å²) in [4.78, 5) is 19.2. The SMILES string of the molecule is CCOC(=O)c1ccccc1OCCC1CCN(c2nc3ccc(Cl)cc3s2)CC1. The van der Waals surface area contributed by atoms with Crippen LogP contribution in [0.4, 0.5) is 5.13 Å². The molecule has 1 aliphatic rings. The highest BCUT2D eigenvalue weighted by Gasteiger charge is 2.22. The number of aromatic nitrogens is 1. The molecule has 0 N–H and O–H groups in total. The first-order valence-electron chi connectivity index (χ1n) is 10.3. The second-order valence-corrected chi connectivity index (χ2v) is 8.84. The fourth-order valence-electron chi connectivity index (χ4n) is 3.74. The number of para-hydroxylation sites is 1. The van der Waals surface area contributed by atoms with E-state index in [2.05, 4.69) is 4.90 Å². The molecule has 2 aromatic carbocycles. The summed E-state index contributed by atoms with van der Waals surface area (Å²) < 4.78 is 12.2. The van der Waals surface area contributed by atoms with Gasteiger partial charge in [-0.25, -0.2) is 9.78 Å². The number of hydrogen-bond donors (Lipinski definition) is 0. The summed E-state index contributed by atoms with van der Waals surface area (Å²) >= 11 is 7.80. The number of benzene rings is 2. The van der Waals surface area contributed by atoms with Gasteiger partial charge in [0.05, 0.1) is 23.4 Å². The first-order valence-corrected chi connectivity index (χ1v) is 11.5. The third-order valence-electron chi connectivity index (χ3n) is 5.39. The van der Waals surface area contributed by atoms with Gasteiger partial charge in [0.1, 0.15) is 11.3 Å². The van der Waals surface area contributed by atoms with Crippen LogP contribution >= 0.6 is 22.9 Å². The van der Waals surface area contributed by atoms with Crippen molar-refractivity contribution in [3.8, 4) is 5.75 Å². The standard InChI is InChI=1S/C23H25ClN2O3S/c1-2-28-22(27)18-5-3-4-6-20(18)29-14-11-16-9-12-26(13-10-16)23-25-19-8-7-17(24)15-21(19)30-23/h3-8,15-16H,2,9-14H2,1H3. The summed E-state index contributed by atoms with van der Waals surface area (Å²) in [5, 5.41) is 1.83. The molecule has 3 aromatic rings. The van der Waals surface area contributed by atoms with Gasteiger partial charge in [-0.1, -0.05) is 35.1 Å². The van der Waals surface area contributed by atoms with Crippen LogP contribution in [-0.2, 0) is 4.74 Å². The van der Waals surface area contributed by atoms with Crippen molar-refractivity contribution >= 4 is 44.3 Å². The number of thiazole rings is 1. The molecule has 2 heterocycles. The van der Waals surface area contributed by atoms with Crippen LogP contribution in [0.3, 0.4) is 0 Å². The second kappa shape index (κ2) is 9.67. The van der Waals surface area contributed by atoms with Crippen molar-refractivity contribution in [2.24, 2.45) is 5.92 Å². The first-order chi connectivity index (χ1) is 14.6. The molecule has 5 nitrogen and oxygen atoms in total. The Balaban J connectivity index is 1.28. The average Bonchev–Trinajstić information content (AvgIpc) is 3.18. The molecule has 0 saturated carbocycles. The molecule has 0 atom stereocenters. The predicted octanol–water partition coefficient (Wildman–Crippen LogP) is 5.81. The minimum Gasteiger partial charge on any atom is -0.493 e. The fourth-order valence-corrected chi connectivity index (χ4v) is 5.03. The van der Waals surface area contributed by atoms with Gasteiger partial charge in [0.2, 0.25) is 0 Å². The molecule has 7 heteroatoms. The highest BCUT2D eigenvalue weighted by Crippen LogP contribution is 2.33. The zero-order chi connectivity index (χ0) is 20.9. The van der Waals surface area contributed by atoms with Crippen molar-refractivity contribution in [1.29, 1.82) is 0 Å². The molecular formula is C23H25ClN2O3S. The summed E-state index contributed by atoms with van der Waals surface area (Å²) in [5.74, 6) is 0.875. The van der Waals surface area contributed by atoms with Gasteiger partial charge in [-0.15, -0.1) is 0 Å². The molecule has 1 aliphatic heterocycles. The number of anilines is 1. The number of piperidine rings is 1. The van der Waals surface area contributed by atoms with Gasteiger partial charge in [-0.3, -0.25) is 0 Å². The van der Waals surface area contributed by atoms with Crippen LogP contribution in [-0.4, -0.2) is 37.3 Å². The molecule has 158 valence electrons. The first kappa shape index (κ1) is 20.9. The van der Waals surface area contributed by atoms with E-state index >= 15 is 0 Å². The monoisotopic (exact) mass is 444 g/mol. The van der Waals surface area contributed by atoms with Gasteiger partial charge < -0.3 is 14.4 Å². The number of carbonyl (C=O) groups is 1. The summed E-state index contributed by atoms with van der Waals surface area (Å²) in [6.45, 7) is 4.75. The Labute approximate surface area is 185 Å². The molecule has 1 aromatic heterocycles. The maximum absolute atomic E-state index is 12.1. The molecule has 0 bridgehead atoms. The molecule has 0 spiro atoms. The quantitative estimate of drug-likeness (QED) is 0.430. The number of carbonyl (C=O) groups excluding carboxylic acids is 1. The van der Waals surface area contributed by atoms with Gasteiger partial charge >= 0.3 is 5.97 Å². The second-order valence-electron chi connectivity index (χ2n) is 7.39. The van der Waals surface area contributed by atoms with E-state index in [1.165, 1.54) is 0 Å². The number of esters is 1. The van der Waals surface area contributed by atoms with Crippen LogP contribution in [0.1, 0.15) is 36.5 Å². The van der Waals surface area contributed by atoms with Crippen LogP contribution < -0.4 is 9.64 Å². The minimum absolute atomic E-state index is 0.335.